The molecule has 0 fully saturated rings. The fourth-order valence-corrected chi connectivity index (χ4v) is 2.99. The van der Waals surface area contributed by atoms with Crippen LogP contribution < -0.4 is 10.6 Å². The summed E-state index contributed by atoms with van der Waals surface area (Å²) in [6, 6.07) is 14.1. The maximum Gasteiger partial charge on any atom is 0.318 e. The summed E-state index contributed by atoms with van der Waals surface area (Å²) in [7, 11) is 1.55. The molecule has 5 nitrogen and oxygen atoms in total. The third kappa shape index (κ3) is 3.00. The van der Waals surface area contributed by atoms with Crippen LogP contribution in [0.25, 0.3) is 0 Å². The molecule has 0 spiro atoms. The van der Waals surface area contributed by atoms with Crippen LogP contribution in [0.1, 0.15) is 17.2 Å². The summed E-state index contributed by atoms with van der Waals surface area (Å²) in [5, 5.41) is 5.99. The maximum absolute atomic E-state index is 12.3. The van der Waals surface area contributed by atoms with Gasteiger partial charge in [0.25, 0.3) is 0 Å². The number of rotatable bonds is 1. The van der Waals surface area contributed by atoms with Crippen molar-refractivity contribution in [3.8, 4) is 0 Å². The molecule has 6 heteroatoms. The average Bonchev–Trinajstić information content (AvgIpc) is 2.70. The Bertz CT molecular complexity index is 749. The minimum Gasteiger partial charge on any atom is -0.341 e. The van der Waals surface area contributed by atoms with Gasteiger partial charge < -0.3 is 15.5 Å². The summed E-state index contributed by atoms with van der Waals surface area (Å²) in [4.78, 5) is 26.0. The monoisotopic (exact) mass is 329 g/mol. The molecule has 1 heterocycles. The maximum atomic E-state index is 12.3. The standard InChI is InChI=1S/C17H16ClN3O2/c1-19-17(23)21-10-15(22)20-14-8-7-12(18)9-13(14)16(21)11-5-3-2-4-6-11/h2-9,16H,10H2,1H3,(H,19,23)(H,20,22). The van der Waals surface area contributed by atoms with Crippen molar-refractivity contribution in [3.05, 3.63) is 64.7 Å². The highest BCUT2D eigenvalue weighted by Gasteiger charge is 2.33. The van der Waals surface area contributed by atoms with Crippen LogP contribution >= 0.6 is 11.6 Å². The van der Waals surface area contributed by atoms with E-state index in [1.807, 2.05) is 30.3 Å². The molecule has 1 aliphatic heterocycles. The van der Waals surface area contributed by atoms with Crippen molar-refractivity contribution in [3.63, 3.8) is 0 Å². The first-order chi connectivity index (χ1) is 11.1. The van der Waals surface area contributed by atoms with Gasteiger partial charge in [0.15, 0.2) is 0 Å². The Morgan fingerprint density at radius 1 is 1.26 bits per heavy atom. The van der Waals surface area contributed by atoms with E-state index in [0.29, 0.717) is 10.7 Å². The van der Waals surface area contributed by atoms with E-state index in [0.717, 1.165) is 11.1 Å². The lowest BCUT2D eigenvalue weighted by molar-refractivity contribution is -0.116. The van der Waals surface area contributed by atoms with Gasteiger partial charge >= 0.3 is 6.03 Å². The van der Waals surface area contributed by atoms with Crippen molar-refractivity contribution >= 4 is 29.2 Å². The summed E-state index contributed by atoms with van der Waals surface area (Å²) in [6.07, 6.45) is 0. The van der Waals surface area contributed by atoms with E-state index >= 15 is 0 Å². The summed E-state index contributed by atoms with van der Waals surface area (Å²) in [5.74, 6) is -0.240. The number of fused-ring (bicyclic) bond motifs is 1. The average molecular weight is 330 g/mol. The molecule has 0 bridgehead atoms. The fourth-order valence-electron chi connectivity index (χ4n) is 2.80. The number of benzene rings is 2. The van der Waals surface area contributed by atoms with Crippen molar-refractivity contribution in [1.82, 2.24) is 10.2 Å². The zero-order valence-electron chi connectivity index (χ0n) is 12.5. The molecular weight excluding hydrogens is 314 g/mol. The molecular formula is C17H16ClN3O2. The number of hydrogen-bond acceptors (Lipinski definition) is 2. The Labute approximate surface area is 139 Å². The number of carbonyl (C=O) groups excluding carboxylic acids is 2. The first-order valence-electron chi connectivity index (χ1n) is 7.22. The summed E-state index contributed by atoms with van der Waals surface area (Å²) < 4.78 is 0. The molecule has 1 unspecified atom stereocenters. The topological polar surface area (TPSA) is 61.4 Å². The Morgan fingerprint density at radius 3 is 2.70 bits per heavy atom. The van der Waals surface area contributed by atoms with Crippen LogP contribution in [-0.4, -0.2) is 30.4 Å². The molecule has 2 aromatic carbocycles. The Morgan fingerprint density at radius 2 is 2.00 bits per heavy atom. The number of amides is 3. The molecule has 2 aromatic rings. The van der Waals surface area contributed by atoms with Gasteiger partial charge in [-0.25, -0.2) is 4.79 Å². The lowest BCUT2D eigenvalue weighted by atomic mass is 9.96. The third-order valence-corrected chi connectivity index (χ3v) is 4.03. The van der Waals surface area contributed by atoms with Crippen LogP contribution in [0.3, 0.4) is 0 Å². The smallest absolute Gasteiger partial charge is 0.318 e. The van der Waals surface area contributed by atoms with Gasteiger partial charge in [0.2, 0.25) is 5.91 Å². The summed E-state index contributed by atoms with van der Waals surface area (Å²) in [5.41, 5.74) is 2.37. The SMILES string of the molecule is CNC(=O)N1CC(=O)Nc2ccc(Cl)cc2C1c1ccccc1. The third-order valence-electron chi connectivity index (χ3n) is 3.80. The van der Waals surface area contributed by atoms with Crippen LogP contribution in [0.2, 0.25) is 5.02 Å². The number of anilines is 1. The lowest BCUT2D eigenvalue weighted by Gasteiger charge is -2.30. The highest BCUT2D eigenvalue weighted by molar-refractivity contribution is 6.30. The predicted octanol–water partition coefficient (Wildman–Crippen LogP) is 3.02. The molecule has 0 radical (unpaired) electrons. The van der Waals surface area contributed by atoms with Gasteiger partial charge in [-0.15, -0.1) is 0 Å². The Hall–Kier alpha value is -2.53. The van der Waals surface area contributed by atoms with E-state index in [1.54, 1.807) is 25.2 Å². The van der Waals surface area contributed by atoms with E-state index in [4.69, 9.17) is 11.6 Å². The Balaban J connectivity index is 2.21. The van der Waals surface area contributed by atoms with Crippen molar-refractivity contribution in [2.24, 2.45) is 0 Å². The largest absolute Gasteiger partial charge is 0.341 e. The first kappa shape index (κ1) is 15.4. The van der Waals surface area contributed by atoms with Gasteiger partial charge in [-0.05, 0) is 23.8 Å². The number of urea groups is 1. The molecule has 0 aromatic heterocycles. The summed E-state index contributed by atoms with van der Waals surface area (Å²) >= 11 is 6.15. The second-order valence-corrected chi connectivity index (χ2v) is 5.71. The van der Waals surface area contributed by atoms with Gasteiger partial charge in [-0.1, -0.05) is 41.9 Å². The molecule has 0 aliphatic carbocycles. The quantitative estimate of drug-likeness (QED) is 0.844. The van der Waals surface area contributed by atoms with Crippen molar-refractivity contribution in [2.75, 3.05) is 18.9 Å². The minimum atomic E-state index is -0.399. The lowest BCUT2D eigenvalue weighted by Crippen LogP contribution is -2.43. The Kier molecular flexibility index (Phi) is 4.21. The molecule has 2 N–H and O–H groups in total. The van der Waals surface area contributed by atoms with Crippen LogP contribution in [-0.2, 0) is 4.79 Å². The van der Waals surface area contributed by atoms with Gasteiger partial charge in [0.05, 0.1) is 6.04 Å². The van der Waals surface area contributed by atoms with Crippen LogP contribution in [0.5, 0.6) is 0 Å². The fraction of sp³-hybridized carbons (Fsp3) is 0.176. The molecule has 3 rings (SSSR count). The molecule has 1 atom stereocenters. The highest BCUT2D eigenvalue weighted by atomic mass is 35.5. The minimum absolute atomic E-state index is 0.0362. The molecule has 1 aliphatic rings. The molecule has 3 amide bonds. The zero-order valence-corrected chi connectivity index (χ0v) is 13.3. The number of halogens is 1. The van der Waals surface area contributed by atoms with Gasteiger partial charge in [-0.3, -0.25) is 4.79 Å². The number of nitrogens with one attached hydrogen (secondary N) is 2. The van der Waals surface area contributed by atoms with E-state index in [2.05, 4.69) is 10.6 Å². The molecule has 23 heavy (non-hydrogen) atoms. The van der Waals surface area contributed by atoms with E-state index in [9.17, 15) is 9.59 Å². The number of nitrogens with zero attached hydrogens (tertiary/aromatic N) is 1. The number of carbonyl (C=O) groups is 2. The van der Waals surface area contributed by atoms with E-state index in [1.165, 1.54) is 4.90 Å². The summed E-state index contributed by atoms with van der Waals surface area (Å²) in [6.45, 7) is -0.0362. The van der Waals surface area contributed by atoms with E-state index in [-0.39, 0.29) is 18.5 Å². The second-order valence-electron chi connectivity index (χ2n) is 5.28. The number of hydrogen-bond donors (Lipinski definition) is 2. The normalized spacial score (nSPS) is 17.0. The van der Waals surface area contributed by atoms with Crippen LogP contribution in [0.4, 0.5) is 10.5 Å². The van der Waals surface area contributed by atoms with Crippen molar-refractivity contribution < 1.29 is 9.59 Å². The zero-order chi connectivity index (χ0) is 16.4. The van der Waals surface area contributed by atoms with Gasteiger partial charge in [-0.2, -0.15) is 0 Å². The van der Waals surface area contributed by atoms with Gasteiger partial charge in [0, 0.05) is 23.3 Å². The van der Waals surface area contributed by atoms with Crippen molar-refractivity contribution in [2.45, 2.75) is 6.04 Å². The van der Waals surface area contributed by atoms with E-state index < -0.39 is 6.04 Å². The van der Waals surface area contributed by atoms with Crippen LogP contribution in [0, 0.1) is 0 Å². The van der Waals surface area contributed by atoms with Crippen molar-refractivity contribution in [1.29, 1.82) is 0 Å². The molecule has 118 valence electrons. The molecule has 0 saturated heterocycles. The predicted molar refractivity (Wildman–Crippen MR) is 89.5 cm³/mol. The van der Waals surface area contributed by atoms with Gasteiger partial charge in [0.1, 0.15) is 6.54 Å². The second kappa shape index (κ2) is 6.30. The highest BCUT2D eigenvalue weighted by Crippen LogP contribution is 2.37. The molecule has 0 saturated carbocycles. The van der Waals surface area contributed by atoms with Crippen LogP contribution in [0.15, 0.2) is 48.5 Å². The first-order valence-corrected chi connectivity index (χ1v) is 7.60.